The molecule has 5 rings (SSSR count). The maximum atomic E-state index is 13.7. The summed E-state index contributed by atoms with van der Waals surface area (Å²) in [5.41, 5.74) is 1.93. The van der Waals surface area contributed by atoms with Gasteiger partial charge in [0.1, 0.15) is 18.1 Å². The quantitative estimate of drug-likeness (QED) is 0.0909. The SMILES string of the molecule is CC(C)(C)[Si](Oc1ccccc1C(=O)CC(=O)c1ccc(OCc2ccccc2)cc1)(c1ccccc1)c1ccccc1. The van der Waals surface area contributed by atoms with Gasteiger partial charge in [0.25, 0.3) is 0 Å². The number of carbonyl (C=O) groups is 2. The molecule has 0 bridgehead atoms. The Morgan fingerprint density at radius 1 is 0.605 bits per heavy atom. The topological polar surface area (TPSA) is 52.6 Å². The average Bonchev–Trinajstić information content (AvgIpc) is 3.03. The van der Waals surface area contributed by atoms with Gasteiger partial charge in [-0.25, -0.2) is 0 Å². The number of rotatable bonds is 11. The molecule has 43 heavy (non-hydrogen) atoms. The van der Waals surface area contributed by atoms with E-state index >= 15 is 0 Å². The van der Waals surface area contributed by atoms with E-state index in [-0.39, 0.29) is 23.0 Å². The highest BCUT2D eigenvalue weighted by Crippen LogP contribution is 2.38. The van der Waals surface area contributed by atoms with Gasteiger partial charge >= 0.3 is 8.32 Å². The highest BCUT2D eigenvalue weighted by molar-refractivity contribution is 7.00. The summed E-state index contributed by atoms with van der Waals surface area (Å²) in [5, 5.41) is 1.95. The molecule has 0 aliphatic carbocycles. The molecule has 0 saturated carbocycles. The monoisotopic (exact) mass is 584 g/mol. The predicted octanol–water partition coefficient (Wildman–Crippen LogP) is 7.66. The molecule has 0 N–H and O–H groups in total. The molecule has 0 saturated heterocycles. The average molecular weight is 585 g/mol. The van der Waals surface area contributed by atoms with Gasteiger partial charge in [-0.2, -0.15) is 0 Å². The van der Waals surface area contributed by atoms with Gasteiger partial charge in [-0.1, -0.05) is 124 Å². The molecule has 5 aromatic rings. The number of Topliss-reactive ketones (excluding diaryl/α,β-unsaturated/α-hetero) is 2. The first-order valence-corrected chi connectivity index (χ1v) is 16.4. The van der Waals surface area contributed by atoms with Crippen LogP contribution in [0, 0.1) is 0 Å². The van der Waals surface area contributed by atoms with Gasteiger partial charge in [0, 0.05) is 5.56 Å². The van der Waals surface area contributed by atoms with E-state index in [2.05, 4.69) is 45.0 Å². The number of benzene rings is 5. The van der Waals surface area contributed by atoms with E-state index in [1.807, 2.05) is 84.9 Å². The fourth-order valence-electron chi connectivity index (χ4n) is 5.42. The Bertz CT molecular complexity index is 1620. The van der Waals surface area contributed by atoms with Crippen LogP contribution in [-0.2, 0) is 6.61 Å². The standard InChI is InChI=1S/C38H36O4Si/c1-38(2,3)43(32-17-9-5-10-18-32,33-19-11-6-12-20-33)42-37-22-14-13-21-34(37)36(40)27-35(39)30-23-25-31(26-24-30)41-28-29-15-7-4-8-16-29/h4-26H,27-28H2,1-3H3. The second-order valence-electron chi connectivity index (χ2n) is 11.6. The molecule has 0 amide bonds. The molecule has 5 heteroatoms. The molecule has 0 heterocycles. The van der Waals surface area contributed by atoms with Gasteiger partial charge in [0.2, 0.25) is 0 Å². The van der Waals surface area contributed by atoms with Crippen molar-refractivity contribution in [2.75, 3.05) is 0 Å². The summed E-state index contributed by atoms with van der Waals surface area (Å²) in [7, 11) is -2.96. The molecule has 216 valence electrons. The fraction of sp³-hybridized carbons (Fsp3) is 0.158. The first-order valence-electron chi connectivity index (χ1n) is 14.5. The second kappa shape index (κ2) is 13.1. The molecule has 0 radical (unpaired) electrons. The van der Waals surface area contributed by atoms with E-state index in [0.29, 0.717) is 29.2 Å². The van der Waals surface area contributed by atoms with E-state index in [4.69, 9.17) is 9.16 Å². The van der Waals surface area contributed by atoms with Crippen molar-refractivity contribution in [2.24, 2.45) is 0 Å². The van der Waals surface area contributed by atoms with Crippen LogP contribution in [0.1, 0.15) is 53.5 Å². The Morgan fingerprint density at radius 2 is 1.12 bits per heavy atom. The first-order chi connectivity index (χ1) is 20.8. The van der Waals surface area contributed by atoms with Gasteiger partial charge < -0.3 is 9.16 Å². The first kappa shape index (κ1) is 29.7. The molecular weight excluding hydrogens is 549 g/mol. The zero-order valence-electron chi connectivity index (χ0n) is 24.8. The van der Waals surface area contributed by atoms with Crippen molar-refractivity contribution < 1.29 is 18.8 Å². The molecule has 4 nitrogen and oxygen atoms in total. The molecule has 0 aliphatic heterocycles. The lowest BCUT2D eigenvalue weighted by Crippen LogP contribution is -2.69. The normalized spacial score (nSPS) is 11.5. The summed E-state index contributed by atoms with van der Waals surface area (Å²) in [4.78, 5) is 26.9. The lowest BCUT2D eigenvalue weighted by Gasteiger charge is -2.43. The second-order valence-corrected chi connectivity index (χ2v) is 15.8. The molecule has 0 atom stereocenters. The summed E-state index contributed by atoms with van der Waals surface area (Å²) in [5.74, 6) is 0.637. The summed E-state index contributed by atoms with van der Waals surface area (Å²) in [6, 6.07) is 44.7. The Hall–Kier alpha value is -4.74. The fourth-order valence-corrected chi connectivity index (χ4v) is 9.86. The molecule has 0 unspecified atom stereocenters. The van der Waals surface area contributed by atoms with Crippen LogP contribution in [0.3, 0.4) is 0 Å². The van der Waals surface area contributed by atoms with Crippen LogP contribution in [0.5, 0.6) is 11.5 Å². The number of ketones is 2. The molecular formula is C38H36O4Si. The van der Waals surface area contributed by atoms with Crippen LogP contribution >= 0.6 is 0 Å². The zero-order valence-corrected chi connectivity index (χ0v) is 25.8. The van der Waals surface area contributed by atoms with Crippen LogP contribution in [0.25, 0.3) is 0 Å². The van der Waals surface area contributed by atoms with Crippen molar-refractivity contribution in [1.29, 1.82) is 0 Å². The van der Waals surface area contributed by atoms with Crippen molar-refractivity contribution >= 4 is 30.3 Å². The number of para-hydroxylation sites is 1. The molecule has 0 aromatic heterocycles. The zero-order chi connectivity index (χ0) is 30.3. The Kier molecular flexibility index (Phi) is 9.03. The van der Waals surface area contributed by atoms with Crippen molar-refractivity contribution in [1.82, 2.24) is 0 Å². The van der Waals surface area contributed by atoms with Gasteiger partial charge in [-0.15, -0.1) is 0 Å². The minimum atomic E-state index is -2.96. The van der Waals surface area contributed by atoms with Crippen LogP contribution in [0.2, 0.25) is 5.04 Å². The lowest BCUT2D eigenvalue weighted by atomic mass is 10.0. The van der Waals surface area contributed by atoms with E-state index in [1.54, 1.807) is 30.3 Å². The van der Waals surface area contributed by atoms with E-state index in [1.165, 1.54) is 0 Å². The van der Waals surface area contributed by atoms with Gasteiger partial charge in [-0.05, 0) is 57.4 Å². The number of ether oxygens (including phenoxy) is 1. The largest absolute Gasteiger partial charge is 0.533 e. The molecule has 0 aliphatic rings. The number of hydrogen-bond acceptors (Lipinski definition) is 4. The van der Waals surface area contributed by atoms with Gasteiger partial charge in [0.15, 0.2) is 11.6 Å². The van der Waals surface area contributed by atoms with E-state index in [9.17, 15) is 9.59 Å². The maximum Gasteiger partial charge on any atom is 0.319 e. The van der Waals surface area contributed by atoms with Crippen LogP contribution < -0.4 is 19.5 Å². The van der Waals surface area contributed by atoms with Crippen molar-refractivity contribution in [3.05, 3.63) is 156 Å². The Labute approximate surface area is 255 Å². The van der Waals surface area contributed by atoms with Crippen molar-refractivity contribution in [3.63, 3.8) is 0 Å². The summed E-state index contributed by atoms with van der Waals surface area (Å²) < 4.78 is 13.0. The molecule has 0 spiro atoms. The minimum Gasteiger partial charge on any atom is -0.533 e. The number of hydrogen-bond donors (Lipinski definition) is 0. The van der Waals surface area contributed by atoms with Gasteiger partial charge in [-0.3, -0.25) is 9.59 Å². The van der Waals surface area contributed by atoms with Crippen molar-refractivity contribution in [2.45, 2.75) is 38.8 Å². The lowest BCUT2D eigenvalue weighted by molar-refractivity contribution is 0.0893. The van der Waals surface area contributed by atoms with Gasteiger partial charge in [0.05, 0.1) is 12.0 Å². The summed E-state index contributed by atoms with van der Waals surface area (Å²) in [6.45, 7) is 7.02. The third-order valence-corrected chi connectivity index (χ3v) is 12.5. The summed E-state index contributed by atoms with van der Waals surface area (Å²) in [6.07, 6.45) is -0.259. The highest BCUT2D eigenvalue weighted by atomic mass is 28.4. The third-order valence-electron chi connectivity index (χ3n) is 7.61. The highest BCUT2D eigenvalue weighted by Gasteiger charge is 2.52. The summed E-state index contributed by atoms with van der Waals surface area (Å²) >= 11 is 0. The predicted molar refractivity (Wildman–Crippen MR) is 175 cm³/mol. The van der Waals surface area contributed by atoms with Crippen molar-refractivity contribution in [3.8, 4) is 11.5 Å². The minimum absolute atomic E-state index is 0.250. The van der Waals surface area contributed by atoms with Crippen LogP contribution in [-0.4, -0.2) is 19.9 Å². The molecule has 0 fully saturated rings. The smallest absolute Gasteiger partial charge is 0.319 e. The van der Waals surface area contributed by atoms with Crippen LogP contribution in [0.15, 0.2) is 140 Å². The van der Waals surface area contributed by atoms with E-state index < -0.39 is 8.32 Å². The molecule has 5 aromatic carbocycles. The van der Waals surface area contributed by atoms with E-state index in [0.717, 1.165) is 15.9 Å². The third kappa shape index (κ3) is 6.68. The number of carbonyl (C=O) groups excluding carboxylic acids is 2. The Balaban J connectivity index is 1.39. The van der Waals surface area contributed by atoms with Crippen LogP contribution in [0.4, 0.5) is 0 Å². The Morgan fingerprint density at radius 3 is 1.67 bits per heavy atom. The maximum absolute atomic E-state index is 13.7.